The number of hydrogen-bond donors (Lipinski definition) is 1. The molecule has 0 unspecified atom stereocenters. The molecule has 1 amide bonds. The highest BCUT2D eigenvalue weighted by Gasteiger charge is 2.19. The van der Waals surface area contributed by atoms with Crippen LogP contribution in [0.3, 0.4) is 0 Å². The maximum Gasteiger partial charge on any atom is 0.237 e. The lowest BCUT2D eigenvalue weighted by Crippen LogP contribution is -2.31. The molecule has 1 aliphatic rings. The Hall–Kier alpha value is -1.34. The zero-order valence-corrected chi connectivity index (χ0v) is 12.8. The molecule has 0 aliphatic heterocycles. The number of nitrogens with two attached hydrogens (primary N) is 1. The Morgan fingerprint density at radius 1 is 1.55 bits per heavy atom. The molecule has 20 heavy (non-hydrogen) atoms. The zero-order chi connectivity index (χ0) is 14.5. The number of carbonyl (C=O) groups is 1. The Labute approximate surface area is 123 Å². The van der Waals surface area contributed by atoms with Crippen LogP contribution >= 0.6 is 11.8 Å². The van der Waals surface area contributed by atoms with E-state index >= 15 is 0 Å². The minimum atomic E-state index is 0.128. The van der Waals surface area contributed by atoms with Crippen molar-refractivity contribution in [2.75, 3.05) is 12.3 Å². The van der Waals surface area contributed by atoms with E-state index in [1.807, 2.05) is 23.4 Å². The fourth-order valence-corrected chi connectivity index (χ4v) is 3.10. The van der Waals surface area contributed by atoms with Crippen LogP contribution in [0.15, 0.2) is 16.9 Å². The van der Waals surface area contributed by atoms with Gasteiger partial charge in [0.1, 0.15) is 5.82 Å². The van der Waals surface area contributed by atoms with Crippen molar-refractivity contribution in [2.45, 2.75) is 37.9 Å². The highest BCUT2D eigenvalue weighted by Crippen LogP contribution is 2.23. The van der Waals surface area contributed by atoms with Gasteiger partial charge < -0.3 is 15.2 Å². The average Bonchev–Trinajstić information content (AvgIpc) is 3.07. The molecule has 1 aromatic heterocycles. The maximum atomic E-state index is 12.3. The largest absolute Gasteiger partial charge is 0.324 e. The zero-order valence-electron chi connectivity index (χ0n) is 12.0. The summed E-state index contributed by atoms with van der Waals surface area (Å²) in [6.07, 6.45) is 5.40. The monoisotopic (exact) mass is 295 g/mol. The quantitative estimate of drug-likeness (QED) is 0.800. The smallest absolute Gasteiger partial charge is 0.237 e. The molecular formula is C13H21N5OS. The minimum Gasteiger partial charge on any atom is -0.324 e. The lowest BCUT2D eigenvalue weighted by atomic mass is 10.3. The Kier molecular flexibility index (Phi) is 5.19. The Bertz CT molecular complexity index is 511. The van der Waals surface area contributed by atoms with Gasteiger partial charge in [0.15, 0.2) is 5.16 Å². The summed E-state index contributed by atoms with van der Waals surface area (Å²) in [7, 11) is 1.87. The van der Waals surface area contributed by atoms with Gasteiger partial charge in [-0.25, -0.2) is 0 Å². The topological polar surface area (TPSA) is 77.0 Å². The summed E-state index contributed by atoms with van der Waals surface area (Å²) < 4.78 is 1.84. The van der Waals surface area contributed by atoms with Crippen molar-refractivity contribution in [3.05, 3.63) is 17.6 Å². The number of carbonyl (C=O) groups excluding carboxylic acids is 1. The minimum absolute atomic E-state index is 0.128. The van der Waals surface area contributed by atoms with Gasteiger partial charge in [-0.1, -0.05) is 17.8 Å². The van der Waals surface area contributed by atoms with Crippen LogP contribution in [0, 0.1) is 0 Å². The predicted molar refractivity (Wildman–Crippen MR) is 78.9 cm³/mol. The van der Waals surface area contributed by atoms with Crippen molar-refractivity contribution < 1.29 is 4.79 Å². The first kappa shape index (κ1) is 15.1. The first-order chi connectivity index (χ1) is 9.67. The second-order valence-corrected chi connectivity index (χ2v) is 5.62. The summed E-state index contributed by atoms with van der Waals surface area (Å²) in [5, 5.41) is 8.77. The third kappa shape index (κ3) is 3.21. The van der Waals surface area contributed by atoms with Crippen LogP contribution in [-0.4, -0.2) is 37.9 Å². The number of rotatable bonds is 6. The van der Waals surface area contributed by atoms with E-state index in [0.29, 0.717) is 12.3 Å². The lowest BCUT2D eigenvalue weighted by Gasteiger charge is -2.21. The molecule has 0 aromatic carbocycles. The number of aromatic nitrogens is 3. The fraction of sp³-hybridized carbons (Fsp3) is 0.615. The molecule has 1 aliphatic carbocycles. The van der Waals surface area contributed by atoms with Crippen molar-refractivity contribution in [1.82, 2.24) is 19.7 Å². The molecule has 6 nitrogen and oxygen atoms in total. The number of hydrogen-bond acceptors (Lipinski definition) is 5. The summed E-state index contributed by atoms with van der Waals surface area (Å²) in [5.41, 5.74) is 6.72. The highest BCUT2D eigenvalue weighted by molar-refractivity contribution is 7.99. The van der Waals surface area contributed by atoms with E-state index in [1.165, 1.54) is 17.5 Å². The van der Waals surface area contributed by atoms with Gasteiger partial charge in [0.2, 0.25) is 5.91 Å². The first-order valence-electron chi connectivity index (χ1n) is 6.87. The van der Waals surface area contributed by atoms with Gasteiger partial charge in [-0.05, 0) is 26.2 Å². The molecule has 0 radical (unpaired) electrons. The number of thioether (sulfide) groups is 1. The Morgan fingerprint density at radius 3 is 2.90 bits per heavy atom. The molecule has 110 valence electrons. The second-order valence-electron chi connectivity index (χ2n) is 4.68. The summed E-state index contributed by atoms with van der Waals surface area (Å²) in [4.78, 5) is 14.2. The summed E-state index contributed by atoms with van der Waals surface area (Å²) >= 11 is 1.41. The van der Waals surface area contributed by atoms with E-state index in [-0.39, 0.29) is 5.91 Å². The Balaban J connectivity index is 1.95. The van der Waals surface area contributed by atoms with Crippen LogP contribution in [0.25, 0.3) is 0 Å². The van der Waals surface area contributed by atoms with Crippen LogP contribution < -0.4 is 5.73 Å². The fourth-order valence-electron chi connectivity index (χ4n) is 2.29. The van der Waals surface area contributed by atoms with Gasteiger partial charge in [-0.3, -0.25) is 4.79 Å². The molecule has 0 bridgehead atoms. The third-order valence-corrected chi connectivity index (χ3v) is 4.42. The van der Waals surface area contributed by atoms with Gasteiger partial charge in [-0.15, -0.1) is 10.2 Å². The van der Waals surface area contributed by atoms with Crippen molar-refractivity contribution in [3.8, 4) is 0 Å². The normalized spacial score (nSPS) is 14.4. The van der Waals surface area contributed by atoms with E-state index in [9.17, 15) is 4.79 Å². The highest BCUT2D eigenvalue weighted by atomic mass is 32.2. The van der Waals surface area contributed by atoms with Crippen LogP contribution in [-0.2, 0) is 18.4 Å². The predicted octanol–water partition coefficient (Wildman–Crippen LogP) is 1.28. The molecule has 0 atom stereocenters. The molecule has 2 rings (SSSR count). The van der Waals surface area contributed by atoms with Gasteiger partial charge in [0.05, 0.1) is 12.3 Å². The maximum absolute atomic E-state index is 12.3. The molecule has 2 N–H and O–H groups in total. The molecule has 0 fully saturated rings. The molecule has 1 heterocycles. The second kappa shape index (κ2) is 6.90. The third-order valence-electron chi connectivity index (χ3n) is 3.41. The van der Waals surface area contributed by atoms with Gasteiger partial charge in [0, 0.05) is 19.3 Å². The van der Waals surface area contributed by atoms with E-state index in [4.69, 9.17) is 5.73 Å². The molecule has 7 heteroatoms. The SMILES string of the molecule is CCN(C(=O)CSc1nnc(CN)n1C)C1=CCCC1. The standard InChI is InChI=1S/C13H21N5OS/c1-3-18(10-6-4-5-7-10)12(19)9-20-13-16-15-11(8-14)17(13)2/h6H,3-5,7-9,14H2,1-2H3. The molecule has 0 spiro atoms. The van der Waals surface area contributed by atoms with Gasteiger partial charge >= 0.3 is 0 Å². The summed E-state index contributed by atoms with van der Waals surface area (Å²) in [6, 6.07) is 0. The number of amides is 1. The van der Waals surface area contributed by atoms with Crippen molar-refractivity contribution in [1.29, 1.82) is 0 Å². The van der Waals surface area contributed by atoms with E-state index in [0.717, 1.165) is 36.8 Å². The van der Waals surface area contributed by atoms with E-state index in [1.54, 1.807) is 0 Å². The van der Waals surface area contributed by atoms with Crippen LogP contribution in [0.4, 0.5) is 0 Å². The molecular weight excluding hydrogens is 274 g/mol. The number of nitrogens with zero attached hydrogens (tertiary/aromatic N) is 4. The summed E-state index contributed by atoms with van der Waals surface area (Å²) in [6.45, 7) is 3.08. The van der Waals surface area contributed by atoms with Crippen molar-refractivity contribution in [2.24, 2.45) is 12.8 Å². The molecule has 1 aromatic rings. The molecule has 0 saturated heterocycles. The molecule has 0 saturated carbocycles. The van der Waals surface area contributed by atoms with Crippen molar-refractivity contribution >= 4 is 17.7 Å². The number of allylic oxidation sites excluding steroid dienone is 2. The van der Waals surface area contributed by atoms with Gasteiger partial charge in [-0.2, -0.15) is 0 Å². The average molecular weight is 295 g/mol. The van der Waals surface area contributed by atoms with Crippen LogP contribution in [0.5, 0.6) is 0 Å². The van der Waals surface area contributed by atoms with Crippen molar-refractivity contribution in [3.63, 3.8) is 0 Å². The van der Waals surface area contributed by atoms with Crippen LogP contribution in [0.1, 0.15) is 32.0 Å². The first-order valence-corrected chi connectivity index (χ1v) is 7.86. The summed E-state index contributed by atoms with van der Waals surface area (Å²) in [5.74, 6) is 1.23. The lowest BCUT2D eigenvalue weighted by molar-refractivity contribution is -0.126. The Morgan fingerprint density at radius 2 is 2.35 bits per heavy atom. The van der Waals surface area contributed by atoms with E-state index in [2.05, 4.69) is 16.3 Å². The van der Waals surface area contributed by atoms with Crippen LogP contribution in [0.2, 0.25) is 0 Å². The van der Waals surface area contributed by atoms with E-state index < -0.39 is 0 Å². The van der Waals surface area contributed by atoms with Gasteiger partial charge in [0.25, 0.3) is 0 Å².